The lowest BCUT2D eigenvalue weighted by Crippen LogP contribution is -2.26. The summed E-state index contributed by atoms with van der Waals surface area (Å²) in [7, 11) is -2.33. The van der Waals surface area contributed by atoms with Gasteiger partial charge >= 0.3 is 0 Å². The molecule has 31 heavy (non-hydrogen) atoms. The molecule has 160 valence electrons. The standard InChI is InChI=1S/C23H23N3O4S/c1-3-22(27)24-18-10-7-9-17(15-18)23(28)25-19-11-8-14-21(16-19)31(29,30)26(2)20-12-5-4-6-13-20/h4-16H,3H2,1-2H3,(H,24,27)(H,25,28). The largest absolute Gasteiger partial charge is 0.326 e. The van der Waals surface area contributed by atoms with Crippen LogP contribution in [0.1, 0.15) is 23.7 Å². The molecule has 0 saturated heterocycles. The average Bonchev–Trinajstić information content (AvgIpc) is 2.79. The minimum Gasteiger partial charge on any atom is -0.326 e. The number of anilines is 3. The highest BCUT2D eigenvalue weighted by Gasteiger charge is 2.21. The molecule has 0 bridgehead atoms. The Bertz CT molecular complexity index is 1190. The molecular weight excluding hydrogens is 414 g/mol. The number of benzene rings is 3. The quantitative estimate of drug-likeness (QED) is 0.581. The molecule has 0 spiro atoms. The number of nitrogens with zero attached hydrogens (tertiary/aromatic N) is 1. The second kappa shape index (κ2) is 9.44. The monoisotopic (exact) mass is 437 g/mol. The summed E-state index contributed by atoms with van der Waals surface area (Å²) in [6.45, 7) is 1.74. The fourth-order valence-electron chi connectivity index (χ4n) is 2.86. The van der Waals surface area contributed by atoms with Crippen LogP contribution in [0.15, 0.2) is 83.8 Å². The van der Waals surface area contributed by atoms with Crippen molar-refractivity contribution in [1.82, 2.24) is 0 Å². The Hall–Kier alpha value is -3.65. The lowest BCUT2D eigenvalue weighted by molar-refractivity contribution is -0.115. The molecule has 3 aromatic carbocycles. The fraction of sp³-hybridized carbons (Fsp3) is 0.130. The highest BCUT2D eigenvalue weighted by atomic mass is 32.2. The number of nitrogens with one attached hydrogen (secondary N) is 2. The van der Waals surface area contributed by atoms with Gasteiger partial charge in [0.15, 0.2) is 0 Å². The molecular formula is C23H23N3O4S. The van der Waals surface area contributed by atoms with E-state index in [0.29, 0.717) is 29.0 Å². The molecule has 0 heterocycles. The van der Waals surface area contributed by atoms with Crippen LogP contribution >= 0.6 is 0 Å². The van der Waals surface area contributed by atoms with Crippen molar-refractivity contribution in [2.45, 2.75) is 18.2 Å². The van der Waals surface area contributed by atoms with E-state index in [1.165, 1.54) is 23.5 Å². The van der Waals surface area contributed by atoms with Gasteiger partial charge in [0.2, 0.25) is 5.91 Å². The summed E-state index contributed by atoms with van der Waals surface area (Å²) in [5.74, 6) is -0.573. The number of carbonyl (C=O) groups is 2. The molecule has 0 aliphatic heterocycles. The smallest absolute Gasteiger partial charge is 0.264 e. The Kier molecular flexibility index (Phi) is 6.71. The molecule has 0 aromatic heterocycles. The van der Waals surface area contributed by atoms with Crippen LogP contribution in [0.4, 0.5) is 17.1 Å². The summed E-state index contributed by atoms with van der Waals surface area (Å²) in [5, 5.41) is 5.41. The maximum Gasteiger partial charge on any atom is 0.264 e. The third-order valence-electron chi connectivity index (χ3n) is 4.60. The maximum atomic E-state index is 13.0. The number of sulfonamides is 1. The van der Waals surface area contributed by atoms with Gasteiger partial charge in [0.25, 0.3) is 15.9 Å². The highest BCUT2D eigenvalue weighted by Crippen LogP contribution is 2.24. The SMILES string of the molecule is CCC(=O)Nc1cccc(C(=O)Nc2cccc(S(=O)(=O)N(C)c3ccccc3)c2)c1. The van der Waals surface area contributed by atoms with Crippen LogP contribution in [-0.4, -0.2) is 27.3 Å². The lowest BCUT2D eigenvalue weighted by atomic mass is 10.1. The van der Waals surface area contributed by atoms with Gasteiger partial charge in [-0.05, 0) is 48.5 Å². The van der Waals surface area contributed by atoms with E-state index in [0.717, 1.165) is 0 Å². The van der Waals surface area contributed by atoms with Gasteiger partial charge in [-0.2, -0.15) is 0 Å². The van der Waals surface area contributed by atoms with E-state index in [1.807, 2.05) is 6.07 Å². The molecule has 3 aromatic rings. The Morgan fingerprint density at radius 3 is 2.16 bits per heavy atom. The van der Waals surface area contributed by atoms with Gasteiger partial charge in [0.05, 0.1) is 10.6 Å². The lowest BCUT2D eigenvalue weighted by Gasteiger charge is -2.20. The van der Waals surface area contributed by atoms with Crippen LogP contribution in [0.25, 0.3) is 0 Å². The summed E-state index contributed by atoms with van der Waals surface area (Å²) < 4.78 is 27.2. The summed E-state index contributed by atoms with van der Waals surface area (Å²) in [4.78, 5) is 24.3. The second-order valence-electron chi connectivity index (χ2n) is 6.77. The van der Waals surface area contributed by atoms with Gasteiger partial charge in [-0.15, -0.1) is 0 Å². The maximum absolute atomic E-state index is 13.0. The van der Waals surface area contributed by atoms with Crippen LogP contribution in [0.3, 0.4) is 0 Å². The first kappa shape index (κ1) is 22.0. The van der Waals surface area contributed by atoms with Crippen LogP contribution in [-0.2, 0) is 14.8 Å². The van der Waals surface area contributed by atoms with E-state index in [9.17, 15) is 18.0 Å². The van der Waals surface area contributed by atoms with Crippen LogP contribution in [0.2, 0.25) is 0 Å². The fourth-order valence-corrected chi connectivity index (χ4v) is 4.10. The Morgan fingerprint density at radius 1 is 0.839 bits per heavy atom. The van der Waals surface area contributed by atoms with Crippen molar-refractivity contribution in [1.29, 1.82) is 0 Å². The number of hydrogen-bond donors (Lipinski definition) is 2. The van der Waals surface area contributed by atoms with Crippen LogP contribution in [0.5, 0.6) is 0 Å². The number of amides is 2. The van der Waals surface area contributed by atoms with Crippen LogP contribution < -0.4 is 14.9 Å². The Labute approximate surface area is 181 Å². The van der Waals surface area contributed by atoms with Crippen LogP contribution in [0, 0.1) is 0 Å². The van der Waals surface area contributed by atoms with Crippen molar-refractivity contribution in [3.8, 4) is 0 Å². The minimum atomic E-state index is -3.80. The molecule has 7 nitrogen and oxygen atoms in total. The van der Waals surface area contributed by atoms with E-state index >= 15 is 0 Å². The molecule has 3 rings (SSSR count). The van der Waals surface area contributed by atoms with Crippen molar-refractivity contribution in [3.63, 3.8) is 0 Å². The molecule has 0 radical (unpaired) electrons. The first-order valence-electron chi connectivity index (χ1n) is 9.66. The number of para-hydroxylation sites is 1. The Balaban J connectivity index is 1.80. The van der Waals surface area contributed by atoms with Gasteiger partial charge in [-0.3, -0.25) is 13.9 Å². The molecule has 0 fully saturated rings. The topological polar surface area (TPSA) is 95.6 Å². The molecule has 8 heteroatoms. The molecule has 0 aliphatic carbocycles. The van der Waals surface area contributed by atoms with Gasteiger partial charge < -0.3 is 10.6 Å². The van der Waals surface area contributed by atoms with Gasteiger partial charge in [-0.1, -0.05) is 37.3 Å². The second-order valence-corrected chi connectivity index (χ2v) is 8.74. The molecule has 0 atom stereocenters. The van der Waals surface area contributed by atoms with E-state index < -0.39 is 15.9 Å². The summed E-state index contributed by atoms with van der Waals surface area (Å²) in [6.07, 6.45) is 0.328. The van der Waals surface area contributed by atoms with Crippen molar-refractivity contribution in [2.24, 2.45) is 0 Å². The molecule has 2 N–H and O–H groups in total. The van der Waals surface area contributed by atoms with Gasteiger partial charge in [0.1, 0.15) is 0 Å². The molecule has 2 amide bonds. The zero-order valence-electron chi connectivity index (χ0n) is 17.2. The van der Waals surface area contributed by atoms with Crippen molar-refractivity contribution in [2.75, 3.05) is 22.0 Å². The Morgan fingerprint density at radius 2 is 1.48 bits per heavy atom. The predicted octanol–water partition coefficient (Wildman–Crippen LogP) is 4.11. The number of carbonyl (C=O) groups excluding carboxylic acids is 2. The van der Waals surface area contributed by atoms with Crippen molar-refractivity contribution < 1.29 is 18.0 Å². The number of rotatable bonds is 7. The van der Waals surface area contributed by atoms with E-state index in [4.69, 9.17) is 0 Å². The van der Waals surface area contributed by atoms with Gasteiger partial charge in [-0.25, -0.2) is 8.42 Å². The summed E-state index contributed by atoms with van der Waals surface area (Å²) in [5.41, 5.74) is 1.72. The van der Waals surface area contributed by atoms with E-state index in [1.54, 1.807) is 67.6 Å². The minimum absolute atomic E-state index is 0.0561. The normalized spacial score (nSPS) is 10.9. The molecule has 0 saturated carbocycles. The average molecular weight is 438 g/mol. The van der Waals surface area contributed by atoms with E-state index in [-0.39, 0.29) is 10.8 Å². The summed E-state index contributed by atoms with van der Waals surface area (Å²) >= 11 is 0. The van der Waals surface area contributed by atoms with Crippen molar-refractivity contribution in [3.05, 3.63) is 84.4 Å². The molecule has 0 unspecified atom stereocenters. The van der Waals surface area contributed by atoms with Crippen molar-refractivity contribution >= 4 is 38.9 Å². The predicted molar refractivity (Wildman–Crippen MR) is 122 cm³/mol. The summed E-state index contributed by atoms with van der Waals surface area (Å²) in [6, 6.07) is 21.3. The van der Waals surface area contributed by atoms with E-state index in [2.05, 4.69) is 10.6 Å². The zero-order chi connectivity index (χ0) is 22.4. The third-order valence-corrected chi connectivity index (χ3v) is 6.38. The number of hydrogen-bond acceptors (Lipinski definition) is 4. The zero-order valence-corrected chi connectivity index (χ0v) is 18.0. The van der Waals surface area contributed by atoms with Gasteiger partial charge in [0, 0.05) is 30.4 Å². The molecule has 0 aliphatic rings. The third kappa shape index (κ3) is 5.29. The first-order chi connectivity index (χ1) is 14.8. The highest BCUT2D eigenvalue weighted by molar-refractivity contribution is 7.92. The first-order valence-corrected chi connectivity index (χ1v) is 11.1.